The van der Waals surface area contributed by atoms with Crippen LogP contribution in [0.5, 0.6) is 0 Å². The number of fused-ring (bicyclic) bond motifs is 1. The number of halogens is 1. The highest BCUT2D eigenvalue weighted by Crippen LogP contribution is 2.37. The molecule has 1 atom stereocenters. The molecule has 1 aliphatic rings. The molecule has 4 rings (SSSR count). The van der Waals surface area contributed by atoms with Crippen molar-refractivity contribution >= 4 is 27.5 Å². The van der Waals surface area contributed by atoms with Crippen LogP contribution in [0.3, 0.4) is 0 Å². The molecular weight excluding hydrogens is 445 g/mol. The van der Waals surface area contributed by atoms with Crippen molar-refractivity contribution in [2.75, 3.05) is 26.0 Å². The minimum absolute atomic E-state index is 0.0460. The van der Waals surface area contributed by atoms with Gasteiger partial charge in [-0.05, 0) is 48.0 Å². The third-order valence-corrected chi connectivity index (χ3v) is 7.29. The molecule has 0 radical (unpaired) electrons. The molecule has 3 aromatic rings. The van der Waals surface area contributed by atoms with Gasteiger partial charge in [-0.25, -0.2) is 17.1 Å². The second kappa shape index (κ2) is 8.76. The Morgan fingerprint density at radius 3 is 2.33 bits per heavy atom. The van der Waals surface area contributed by atoms with Crippen LogP contribution in [-0.4, -0.2) is 50.1 Å². The lowest BCUT2D eigenvalue weighted by Crippen LogP contribution is -2.39. The molecule has 0 fully saturated rings. The summed E-state index contributed by atoms with van der Waals surface area (Å²) >= 11 is 0. The Kier molecular flexibility index (Phi) is 6.01. The first-order valence-electron chi connectivity index (χ1n) is 10.2. The Labute approximate surface area is 191 Å². The lowest BCUT2D eigenvalue weighted by Gasteiger charge is -2.30. The number of rotatable bonds is 4. The fourth-order valence-electron chi connectivity index (χ4n) is 3.81. The van der Waals surface area contributed by atoms with Crippen molar-refractivity contribution in [3.05, 3.63) is 95.3 Å². The molecular formula is C24H22FN3O4S. The van der Waals surface area contributed by atoms with Gasteiger partial charge < -0.3 is 10.2 Å². The molecule has 1 aliphatic heterocycles. The van der Waals surface area contributed by atoms with Crippen molar-refractivity contribution in [1.29, 1.82) is 0 Å². The molecule has 0 aromatic heterocycles. The zero-order valence-corrected chi connectivity index (χ0v) is 18.8. The molecule has 1 N–H and O–H groups in total. The number of hydrogen-bond donors (Lipinski definition) is 1. The van der Waals surface area contributed by atoms with Gasteiger partial charge in [0, 0.05) is 30.9 Å². The topological polar surface area (TPSA) is 86.8 Å². The maximum atomic E-state index is 14.2. The standard InChI is InChI=1S/C24H22FN3O4S/c1-27(2)33(31,32)19-11-8-17(9-12-19)24(30)28-15-22(29)26-21-13-10-18(25)14-20(21)23(28)16-6-4-3-5-7-16/h3-14,23H,15H2,1-2H3,(H,26,29). The predicted molar refractivity (Wildman–Crippen MR) is 122 cm³/mol. The van der Waals surface area contributed by atoms with Crippen LogP contribution in [0, 0.1) is 5.82 Å². The summed E-state index contributed by atoms with van der Waals surface area (Å²) in [5.74, 6) is -1.39. The highest BCUT2D eigenvalue weighted by molar-refractivity contribution is 7.89. The summed E-state index contributed by atoms with van der Waals surface area (Å²) in [7, 11) is -0.811. The Bertz CT molecular complexity index is 1310. The number of benzene rings is 3. The van der Waals surface area contributed by atoms with E-state index in [1.54, 1.807) is 12.1 Å². The van der Waals surface area contributed by atoms with Gasteiger partial charge in [0.25, 0.3) is 5.91 Å². The van der Waals surface area contributed by atoms with E-state index in [1.807, 2.05) is 18.2 Å². The van der Waals surface area contributed by atoms with Crippen LogP contribution in [0.25, 0.3) is 0 Å². The number of anilines is 1. The second-order valence-corrected chi connectivity index (χ2v) is 9.99. The summed E-state index contributed by atoms with van der Waals surface area (Å²) in [4.78, 5) is 27.6. The molecule has 0 spiro atoms. The van der Waals surface area contributed by atoms with E-state index in [4.69, 9.17) is 0 Å². The number of carbonyl (C=O) groups is 2. The summed E-state index contributed by atoms with van der Waals surface area (Å²) in [5.41, 5.74) is 1.80. The van der Waals surface area contributed by atoms with Crippen LogP contribution < -0.4 is 5.32 Å². The van der Waals surface area contributed by atoms with Gasteiger partial charge in [-0.3, -0.25) is 9.59 Å². The summed E-state index contributed by atoms with van der Waals surface area (Å²) in [6.45, 7) is -0.257. The van der Waals surface area contributed by atoms with Crippen molar-refractivity contribution in [2.24, 2.45) is 0 Å². The maximum Gasteiger partial charge on any atom is 0.255 e. The van der Waals surface area contributed by atoms with Crippen molar-refractivity contribution in [2.45, 2.75) is 10.9 Å². The smallest absolute Gasteiger partial charge is 0.255 e. The van der Waals surface area contributed by atoms with Crippen molar-refractivity contribution in [1.82, 2.24) is 9.21 Å². The monoisotopic (exact) mass is 467 g/mol. The molecule has 3 aromatic carbocycles. The minimum atomic E-state index is -3.65. The minimum Gasteiger partial charge on any atom is -0.324 e. The average Bonchev–Trinajstić information content (AvgIpc) is 2.94. The third kappa shape index (κ3) is 4.37. The quantitative estimate of drug-likeness (QED) is 0.638. The lowest BCUT2D eigenvalue weighted by molar-refractivity contribution is -0.117. The normalized spacial score (nSPS) is 16.2. The van der Waals surface area contributed by atoms with E-state index in [2.05, 4.69) is 5.32 Å². The van der Waals surface area contributed by atoms with E-state index >= 15 is 0 Å². The van der Waals surface area contributed by atoms with Crippen LogP contribution in [-0.2, 0) is 14.8 Å². The molecule has 1 unspecified atom stereocenters. The first kappa shape index (κ1) is 22.6. The van der Waals surface area contributed by atoms with Crippen LogP contribution >= 0.6 is 0 Å². The largest absolute Gasteiger partial charge is 0.324 e. The molecule has 0 saturated heterocycles. The van der Waals surface area contributed by atoms with E-state index in [1.165, 1.54) is 61.5 Å². The molecule has 9 heteroatoms. The molecule has 7 nitrogen and oxygen atoms in total. The first-order chi connectivity index (χ1) is 15.7. The lowest BCUT2D eigenvalue weighted by atomic mass is 9.95. The van der Waals surface area contributed by atoms with Crippen LogP contribution in [0.1, 0.15) is 27.5 Å². The number of nitrogens with one attached hydrogen (secondary N) is 1. The van der Waals surface area contributed by atoms with Gasteiger partial charge >= 0.3 is 0 Å². The first-order valence-corrected chi connectivity index (χ1v) is 11.6. The number of amides is 2. The van der Waals surface area contributed by atoms with Crippen LogP contribution in [0.4, 0.5) is 10.1 Å². The predicted octanol–water partition coefficient (Wildman–Crippen LogP) is 3.26. The van der Waals surface area contributed by atoms with E-state index in [0.717, 1.165) is 4.31 Å². The zero-order chi connectivity index (χ0) is 23.8. The zero-order valence-electron chi connectivity index (χ0n) is 18.0. The van der Waals surface area contributed by atoms with Crippen LogP contribution in [0.2, 0.25) is 0 Å². The summed E-state index contributed by atoms with van der Waals surface area (Å²) in [6.07, 6.45) is 0. The molecule has 170 valence electrons. The van der Waals surface area contributed by atoms with E-state index in [-0.39, 0.29) is 17.0 Å². The van der Waals surface area contributed by atoms with Crippen molar-refractivity contribution in [3.63, 3.8) is 0 Å². The van der Waals surface area contributed by atoms with Crippen molar-refractivity contribution in [3.8, 4) is 0 Å². The average molecular weight is 468 g/mol. The molecule has 0 bridgehead atoms. The number of hydrogen-bond acceptors (Lipinski definition) is 4. The van der Waals surface area contributed by atoms with Gasteiger partial charge in [0.05, 0.1) is 10.9 Å². The summed E-state index contributed by atoms with van der Waals surface area (Å²) < 4.78 is 40.0. The van der Waals surface area contributed by atoms with E-state index < -0.39 is 33.7 Å². The Morgan fingerprint density at radius 1 is 1.03 bits per heavy atom. The number of nitrogens with zero attached hydrogens (tertiary/aromatic N) is 2. The Balaban J connectivity index is 1.80. The number of sulfonamides is 1. The van der Waals surface area contributed by atoms with Crippen LogP contribution in [0.15, 0.2) is 77.7 Å². The fourth-order valence-corrected chi connectivity index (χ4v) is 4.71. The highest BCUT2D eigenvalue weighted by atomic mass is 32.2. The summed E-state index contributed by atoms with van der Waals surface area (Å²) in [6, 6.07) is 17.9. The van der Waals surface area contributed by atoms with E-state index in [9.17, 15) is 22.4 Å². The maximum absolute atomic E-state index is 14.2. The summed E-state index contributed by atoms with van der Waals surface area (Å²) in [5, 5.41) is 2.74. The molecule has 1 heterocycles. The van der Waals surface area contributed by atoms with Gasteiger partial charge in [-0.1, -0.05) is 30.3 Å². The molecule has 0 saturated carbocycles. The second-order valence-electron chi connectivity index (χ2n) is 7.84. The van der Waals surface area contributed by atoms with Crippen molar-refractivity contribution < 1.29 is 22.4 Å². The Morgan fingerprint density at radius 2 is 1.70 bits per heavy atom. The Hall–Kier alpha value is -3.56. The molecule has 33 heavy (non-hydrogen) atoms. The van der Waals surface area contributed by atoms with E-state index in [0.29, 0.717) is 16.8 Å². The van der Waals surface area contributed by atoms with Gasteiger partial charge in [0.1, 0.15) is 12.4 Å². The molecule has 2 amide bonds. The van der Waals surface area contributed by atoms with Gasteiger partial charge in [0.15, 0.2) is 0 Å². The van der Waals surface area contributed by atoms with Gasteiger partial charge in [-0.15, -0.1) is 0 Å². The SMILES string of the molecule is CN(C)S(=O)(=O)c1ccc(C(=O)N2CC(=O)Nc3ccc(F)cc3C2c2ccccc2)cc1. The van der Waals surface area contributed by atoms with Gasteiger partial charge in [0.2, 0.25) is 15.9 Å². The molecule has 0 aliphatic carbocycles. The highest BCUT2D eigenvalue weighted by Gasteiger charge is 2.34. The van der Waals surface area contributed by atoms with Gasteiger partial charge in [-0.2, -0.15) is 0 Å². The number of carbonyl (C=O) groups excluding carboxylic acids is 2. The third-order valence-electron chi connectivity index (χ3n) is 5.46. The fraction of sp³-hybridized carbons (Fsp3) is 0.167.